The van der Waals surface area contributed by atoms with Crippen LogP contribution in [0.3, 0.4) is 0 Å². The standard InChI is InChI=1S/C12H13N3S/c1-3-9-11(14-7-15-12(9)16)10-6-13-5-4-8(10)2/h4-7H,3H2,1-2H3,(H,14,15,16). The second-order valence-electron chi connectivity index (χ2n) is 3.61. The van der Waals surface area contributed by atoms with E-state index >= 15 is 0 Å². The van der Waals surface area contributed by atoms with E-state index in [2.05, 4.69) is 28.8 Å². The number of pyridine rings is 1. The van der Waals surface area contributed by atoms with Gasteiger partial charge in [0, 0.05) is 23.5 Å². The molecule has 2 rings (SSSR count). The lowest BCUT2D eigenvalue weighted by Gasteiger charge is -2.09. The van der Waals surface area contributed by atoms with Crippen molar-refractivity contribution in [2.45, 2.75) is 20.3 Å². The topological polar surface area (TPSA) is 41.6 Å². The number of nitrogens with zero attached hydrogens (tertiary/aromatic N) is 2. The Morgan fingerprint density at radius 2 is 2.25 bits per heavy atom. The molecule has 0 aliphatic carbocycles. The fourth-order valence-electron chi connectivity index (χ4n) is 1.72. The number of hydrogen-bond acceptors (Lipinski definition) is 3. The summed E-state index contributed by atoms with van der Waals surface area (Å²) in [4.78, 5) is 11.4. The van der Waals surface area contributed by atoms with Gasteiger partial charge in [-0.2, -0.15) is 0 Å². The second kappa shape index (κ2) is 4.53. The van der Waals surface area contributed by atoms with Crippen molar-refractivity contribution in [2.24, 2.45) is 0 Å². The first-order valence-corrected chi connectivity index (χ1v) is 5.62. The molecule has 2 heterocycles. The molecule has 2 aromatic rings. The Morgan fingerprint density at radius 3 is 2.94 bits per heavy atom. The molecule has 0 unspecified atom stereocenters. The van der Waals surface area contributed by atoms with Gasteiger partial charge in [-0.05, 0) is 25.0 Å². The van der Waals surface area contributed by atoms with Crippen LogP contribution in [0.5, 0.6) is 0 Å². The van der Waals surface area contributed by atoms with Crippen molar-refractivity contribution in [3.63, 3.8) is 0 Å². The van der Waals surface area contributed by atoms with E-state index in [0.29, 0.717) is 4.64 Å². The lowest BCUT2D eigenvalue weighted by atomic mass is 10.0. The number of aromatic nitrogens is 3. The van der Waals surface area contributed by atoms with Gasteiger partial charge < -0.3 is 4.98 Å². The number of nitrogens with one attached hydrogen (secondary N) is 1. The van der Waals surface area contributed by atoms with E-state index in [1.54, 1.807) is 12.5 Å². The highest BCUT2D eigenvalue weighted by Gasteiger charge is 2.08. The van der Waals surface area contributed by atoms with Crippen molar-refractivity contribution >= 4 is 12.2 Å². The lowest BCUT2D eigenvalue weighted by Crippen LogP contribution is -1.97. The summed E-state index contributed by atoms with van der Waals surface area (Å²) >= 11 is 5.23. The summed E-state index contributed by atoms with van der Waals surface area (Å²) in [5.74, 6) is 0. The van der Waals surface area contributed by atoms with Gasteiger partial charge in [0.15, 0.2) is 0 Å². The quantitative estimate of drug-likeness (QED) is 0.808. The summed E-state index contributed by atoms with van der Waals surface area (Å²) in [5.41, 5.74) is 4.39. The van der Waals surface area contributed by atoms with Crippen LogP contribution in [0.1, 0.15) is 18.1 Å². The molecular formula is C12H13N3S. The molecule has 0 saturated heterocycles. The number of H-pyrrole nitrogens is 1. The van der Waals surface area contributed by atoms with Gasteiger partial charge in [0.05, 0.1) is 12.0 Å². The number of rotatable bonds is 2. The van der Waals surface area contributed by atoms with Gasteiger partial charge in [0.25, 0.3) is 0 Å². The van der Waals surface area contributed by atoms with Crippen LogP contribution >= 0.6 is 12.2 Å². The van der Waals surface area contributed by atoms with Crippen LogP contribution in [0.15, 0.2) is 24.8 Å². The largest absolute Gasteiger partial charge is 0.345 e. The maximum absolute atomic E-state index is 5.23. The van der Waals surface area contributed by atoms with Crippen molar-refractivity contribution in [1.29, 1.82) is 0 Å². The molecule has 0 amide bonds. The van der Waals surface area contributed by atoms with E-state index < -0.39 is 0 Å². The molecule has 1 N–H and O–H groups in total. The van der Waals surface area contributed by atoms with E-state index in [-0.39, 0.29) is 0 Å². The fourth-order valence-corrected chi connectivity index (χ4v) is 2.02. The smallest absolute Gasteiger partial charge is 0.133 e. The van der Waals surface area contributed by atoms with Crippen molar-refractivity contribution < 1.29 is 0 Å². The molecule has 2 aromatic heterocycles. The average molecular weight is 231 g/mol. The molecule has 3 nitrogen and oxygen atoms in total. The summed E-state index contributed by atoms with van der Waals surface area (Å²) in [7, 11) is 0. The fraction of sp³-hybridized carbons (Fsp3) is 0.250. The molecule has 0 bridgehead atoms. The SMILES string of the molecule is CCc1c(-c2cnccc2C)[nH]cnc1=S. The number of hydrogen-bond donors (Lipinski definition) is 1. The second-order valence-corrected chi connectivity index (χ2v) is 3.99. The highest BCUT2D eigenvalue weighted by atomic mass is 32.1. The van der Waals surface area contributed by atoms with E-state index in [4.69, 9.17) is 12.2 Å². The van der Waals surface area contributed by atoms with E-state index in [0.717, 1.165) is 23.2 Å². The predicted molar refractivity (Wildman–Crippen MR) is 66.8 cm³/mol. The van der Waals surface area contributed by atoms with Gasteiger partial charge >= 0.3 is 0 Å². The molecule has 82 valence electrons. The zero-order valence-corrected chi connectivity index (χ0v) is 10.1. The number of aryl methyl sites for hydroxylation is 1. The Kier molecular flexibility index (Phi) is 3.10. The Labute approximate surface area is 99.6 Å². The maximum Gasteiger partial charge on any atom is 0.133 e. The minimum atomic E-state index is 0.666. The monoisotopic (exact) mass is 231 g/mol. The minimum absolute atomic E-state index is 0.666. The normalized spacial score (nSPS) is 10.4. The van der Waals surface area contributed by atoms with Crippen LogP contribution < -0.4 is 0 Å². The van der Waals surface area contributed by atoms with Crippen molar-refractivity contribution in [2.75, 3.05) is 0 Å². The maximum atomic E-state index is 5.23. The summed E-state index contributed by atoms with van der Waals surface area (Å²) in [6, 6.07) is 1.99. The Balaban J connectivity index is 2.70. The average Bonchev–Trinajstić information content (AvgIpc) is 2.29. The molecule has 0 fully saturated rings. The van der Waals surface area contributed by atoms with Gasteiger partial charge in [-0.15, -0.1) is 0 Å². The van der Waals surface area contributed by atoms with Crippen molar-refractivity contribution in [3.05, 3.63) is 40.6 Å². The first kappa shape index (κ1) is 11.0. The third-order valence-electron chi connectivity index (χ3n) is 2.61. The van der Waals surface area contributed by atoms with Crippen LogP contribution in [0, 0.1) is 11.6 Å². The van der Waals surface area contributed by atoms with Gasteiger partial charge in [-0.3, -0.25) is 4.98 Å². The summed E-state index contributed by atoms with van der Waals surface area (Å²) in [5, 5.41) is 0. The van der Waals surface area contributed by atoms with Gasteiger partial charge in [0.1, 0.15) is 4.64 Å². The molecule has 0 atom stereocenters. The molecule has 4 heteroatoms. The van der Waals surface area contributed by atoms with Gasteiger partial charge in [0.2, 0.25) is 0 Å². The third kappa shape index (κ3) is 1.88. The molecule has 0 radical (unpaired) electrons. The minimum Gasteiger partial charge on any atom is -0.345 e. The third-order valence-corrected chi connectivity index (χ3v) is 2.96. The van der Waals surface area contributed by atoms with Crippen LogP contribution in [0.25, 0.3) is 11.3 Å². The van der Waals surface area contributed by atoms with E-state index in [9.17, 15) is 0 Å². The predicted octanol–water partition coefficient (Wildman–Crippen LogP) is 3.07. The highest BCUT2D eigenvalue weighted by Crippen LogP contribution is 2.23. The zero-order chi connectivity index (χ0) is 11.5. The Morgan fingerprint density at radius 1 is 1.44 bits per heavy atom. The molecule has 0 saturated carbocycles. The first-order chi connectivity index (χ1) is 7.74. The molecule has 16 heavy (non-hydrogen) atoms. The first-order valence-electron chi connectivity index (χ1n) is 5.21. The van der Waals surface area contributed by atoms with Gasteiger partial charge in [-0.1, -0.05) is 19.1 Å². The van der Waals surface area contributed by atoms with Crippen molar-refractivity contribution in [1.82, 2.24) is 15.0 Å². The van der Waals surface area contributed by atoms with Crippen molar-refractivity contribution in [3.8, 4) is 11.3 Å². The Bertz CT molecular complexity index is 560. The van der Waals surface area contributed by atoms with Crippen LogP contribution in [0.4, 0.5) is 0 Å². The van der Waals surface area contributed by atoms with E-state index in [1.165, 1.54) is 5.56 Å². The van der Waals surface area contributed by atoms with Crippen LogP contribution in [-0.4, -0.2) is 15.0 Å². The van der Waals surface area contributed by atoms with Crippen LogP contribution in [0.2, 0.25) is 0 Å². The molecule has 0 aliphatic heterocycles. The Hall–Kier alpha value is -1.55. The summed E-state index contributed by atoms with van der Waals surface area (Å²) in [6.45, 7) is 4.14. The molecular weight excluding hydrogens is 218 g/mol. The lowest BCUT2D eigenvalue weighted by molar-refractivity contribution is 1.03. The van der Waals surface area contributed by atoms with E-state index in [1.807, 2.05) is 12.3 Å². The van der Waals surface area contributed by atoms with Gasteiger partial charge in [-0.25, -0.2) is 4.98 Å². The molecule has 0 aromatic carbocycles. The van der Waals surface area contributed by atoms with Crippen LogP contribution in [-0.2, 0) is 6.42 Å². The molecule has 0 aliphatic rings. The zero-order valence-electron chi connectivity index (χ0n) is 9.32. The molecule has 0 spiro atoms. The summed E-state index contributed by atoms with van der Waals surface area (Å²) < 4.78 is 0.666. The number of aromatic amines is 1. The highest BCUT2D eigenvalue weighted by molar-refractivity contribution is 7.71. The summed E-state index contributed by atoms with van der Waals surface area (Å²) in [6.07, 6.45) is 6.16.